The van der Waals surface area contributed by atoms with E-state index >= 15 is 0 Å². The standard InChI is InChI=1S/C27H48N6O4/c1-19-17-28-18-20(2)33(19)14-16-37-15-13-31-9-11-32(12-10-31)22(4)27(5,6)21(3)25(35)29-23-7-8-24(34)30-26(23)36/h19-20,22-23,28H,3,7-18H2,1-2,4-6H3,(H,29,35)(H,30,34,36)/t19-,20+,22-,23?/m1/s1. The lowest BCUT2D eigenvalue weighted by Gasteiger charge is -2.45. The average molecular weight is 521 g/mol. The highest BCUT2D eigenvalue weighted by atomic mass is 16.5. The topological polar surface area (TPSA) is 106 Å². The largest absolute Gasteiger partial charge is 0.379 e. The third kappa shape index (κ3) is 7.83. The molecule has 3 N–H and O–H groups in total. The molecule has 0 bridgehead atoms. The smallest absolute Gasteiger partial charge is 0.249 e. The van der Waals surface area contributed by atoms with Crippen LogP contribution in [0.5, 0.6) is 0 Å². The summed E-state index contributed by atoms with van der Waals surface area (Å²) < 4.78 is 5.98. The van der Waals surface area contributed by atoms with Gasteiger partial charge in [0.25, 0.3) is 0 Å². The van der Waals surface area contributed by atoms with E-state index in [9.17, 15) is 14.4 Å². The highest BCUT2D eigenvalue weighted by Gasteiger charge is 2.38. The van der Waals surface area contributed by atoms with Crippen LogP contribution >= 0.6 is 0 Å². The number of hydrogen-bond donors (Lipinski definition) is 3. The third-order valence-electron chi connectivity index (χ3n) is 8.65. The molecule has 3 rings (SSSR count). The summed E-state index contributed by atoms with van der Waals surface area (Å²) in [6, 6.07) is 0.508. The predicted molar refractivity (Wildman–Crippen MR) is 144 cm³/mol. The van der Waals surface area contributed by atoms with Crippen molar-refractivity contribution in [1.82, 2.24) is 30.7 Å². The van der Waals surface area contributed by atoms with Crippen LogP contribution in [0.25, 0.3) is 0 Å². The van der Waals surface area contributed by atoms with Crippen LogP contribution in [-0.4, -0.2) is 122 Å². The van der Waals surface area contributed by atoms with Gasteiger partial charge < -0.3 is 15.4 Å². The van der Waals surface area contributed by atoms with E-state index in [0.717, 1.165) is 65.6 Å². The van der Waals surface area contributed by atoms with Gasteiger partial charge in [-0.2, -0.15) is 0 Å². The van der Waals surface area contributed by atoms with E-state index in [4.69, 9.17) is 4.74 Å². The maximum Gasteiger partial charge on any atom is 0.249 e. The van der Waals surface area contributed by atoms with E-state index in [2.05, 4.69) is 58.0 Å². The van der Waals surface area contributed by atoms with Gasteiger partial charge in [-0.25, -0.2) is 0 Å². The molecule has 0 aliphatic carbocycles. The van der Waals surface area contributed by atoms with Gasteiger partial charge in [0.1, 0.15) is 6.04 Å². The zero-order chi connectivity index (χ0) is 27.2. The van der Waals surface area contributed by atoms with E-state index in [1.165, 1.54) is 0 Å². The first-order chi connectivity index (χ1) is 17.5. The van der Waals surface area contributed by atoms with Crippen LogP contribution in [0.1, 0.15) is 47.5 Å². The highest BCUT2D eigenvalue weighted by Crippen LogP contribution is 2.33. The summed E-state index contributed by atoms with van der Waals surface area (Å²) in [5.74, 6) is -1.07. The lowest BCUT2D eigenvalue weighted by atomic mass is 9.77. The van der Waals surface area contributed by atoms with Crippen LogP contribution in [-0.2, 0) is 19.1 Å². The summed E-state index contributed by atoms with van der Waals surface area (Å²) in [6.45, 7) is 24.1. The van der Waals surface area contributed by atoms with Gasteiger partial charge in [-0.3, -0.25) is 34.4 Å². The SMILES string of the molecule is C=C(C(=O)NC1CCC(=O)NC1=O)C(C)(C)[C@@H](C)N1CCN(CCOCCN2[C@H](C)CNC[C@@H]2C)CC1. The average Bonchev–Trinajstić information content (AvgIpc) is 2.86. The predicted octanol–water partition coefficient (Wildman–Crippen LogP) is 0.195. The van der Waals surface area contributed by atoms with E-state index in [1.807, 2.05) is 13.8 Å². The van der Waals surface area contributed by atoms with Crippen LogP contribution in [0.3, 0.4) is 0 Å². The van der Waals surface area contributed by atoms with Crippen molar-refractivity contribution >= 4 is 17.7 Å². The number of nitrogens with one attached hydrogen (secondary N) is 3. The second-order valence-electron chi connectivity index (χ2n) is 11.4. The zero-order valence-corrected chi connectivity index (χ0v) is 23.5. The van der Waals surface area contributed by atoms with Crippen molar-refractivity contribution in [3.05, 3.63) is 12.2 Å². The second-order valence-corrected chi connectivity index (χ2v) is 11.4. The summed E-state index contributed by atoms with van der Waals surface area (Å²) in [4.78, 5) is 43.7. The Morgan fingerprint density at radius 2 is 1.73 bits per heavy atom. The summed E-state index contributed by atoms with van der Waals surface area (Å²) in [6.07, 6.45) is 0.548. The van der Waals surface area contributed by atoms with Gasteiger partial charge in [-0.1, -0.05) is 20.4 Å². The summed E-state index contributed by atoms with van der Waals surface area (Å²) in [5.41, 5.74) is -0.0251. The van der Waals surface area contributed by atoms with Crippen molar-refractivity contribution < 1.29 is 19.1 Å². The Kier molecular flexibility index (Phi) is 10.7. The molecule has 3 fully saturated rings. The minimum absolute atomic E-state index is 0.105. The maximum absolute atomic E-state index is 12.9. The number of hydrogen-bond acceptors (Lipinski definition) is 8. The molecule has 0 radical (unpaired) electrons. The fourth-order valence-corrected chi connectivity index (χ4v) is 5.53. The van der Waals surface area contributed by atoms with Gasteiger partial charge in [-0.15, -0.1) is 0 Å². The van der Waals surface area contributed by atoms with E-state index < -0.39 is 17.4 Å². The minimum atomic E-state index is -0.692. The van der Waals surface area contributed by atoms with Crippen molar-refractivity contribution in [3.8, 4) is 0 Å². The first-order valence-electron chi connectivity index (χ1n) is 13.8. The van der Waals surface area contributed by atoms with Crippen LogP contribution in [0.4, 0.5) is 0 Å². The molecule has 3 heterocycles. The molecule has 3 amide bonds. The van der Waals surface area contributed by atoms with Crippen LogP contribution in [0.2, 0.25) is 0 Å². The molecule has 0 saturated carbocycles. The number of imide groups is 1. The van der Waals surface area contributed by atoms with Crippen molar-refractivity contribution in [3.63, 3.8) is 0 Å². The van der Waals surface area contributed by atoms with E-state index in [0.29, 0.717) is 24.1 Å². The molecular formula is C27H48N6O4. The number of rotatable bonds is 11. The second kappa shape index (κ2) is 13.3. The molecule has 3 aliphatic rings. The normalized spacial score (nSPS) is 27.5. The van der Waals surface area contributed by atoms with Crippen molar-refractivity contribution in [2.24, 2.45) is 5.41 Å². The van der Waals surface area contributed by atoms with Crippen molar-refractivity contribution in [2.45, 2.75) is 71.6 Å². The molecule has 0 aromatic rings. The molecule has 0 aromatic carbocycles. The number of nitrogens with zero attached hydrogens (tertiary/aromatic N) is 3. The maximum atomic E-state index is 12.9. The first-order valence-corrected chi connectivity index (χ1v) is 13.8. The Morgan fingerprint density at radius 3 is 2.35 bits per heavy atom. The molecule has 10 heteroatoms. The molecule has 210 valence electrons. The van der Waals surface area contributed by atoms with Crippen molar-refractivity contribution in [1.29, 1.82) is 0 Å². The van der Waals surface area contributed by atoms with Gasteiger partial charge in [0, 0.05) is 87.9 Å². The fourth-order valence-electron chi connectivity index (χ4n) is 5.53. The van der Waals surface area contributed by atoms with Crippen LogP contribution in [0.15, 0.2) is 12.2 Å². The molecule has 0 aromatic heterocycles. The molecule has 37 heavy (non-hydrogen) atoms. The van der Waals surface area contributed by atoms with Gasteiger partial charge in [0.15, 0.2) is 0 Å². The Hall–Kier alpha value is -1.85. The molecule has 3 saturated heterocycles. The molecular weight excluding hydrogens is 472 g/mol. The Bertz CT molecular complexity index is 816. The highest BCUT2D eigenvalue weighted by molar-refractivity contribution is 6.03. The third-order valence-corrected chi connectivity index (χ3v) is 8.65. The first kappa shape index (κ1) is 29.7. The van der Waals surface area contributed by atoms with Gasteiger partial charge in [0.2, 0.25) is 17.7 Å². The van der Waals surface area contributed by atoms with Gasteiger partial charge in [-0.05, 0) is 27.2 Å². The van der Waals surface area contributed by atoms with Crippen LogP contribution in [0, 0.1) is 5.41 Å². The molecule has 10 nitrogen and oxygen atoms in total. The number of amides is 3. The number of piperidine rings is 1. The van der Waals surface area contributed by atoms with E-state index in [1.54, 1.807) is 0 Å². The minimum Gasteiger partial charge on any atom is -0.379 e. The summed E-state index contributed by atoms with van der Waals surface area (Å²) in [5, 5.41) is 8.52. The number of carbonyl (C=O) groups is 3. The van der Waals surface area contributed by atoms with Crippen LogP contribution < -0.4 is 16.0 Å². The molecule has 0 spiro atoms. The lowest BCUT2D eigenvalue weighted by molar-refractivity contribution is -0.136. The molecule has 3 aliphatic heterocycles. The summed E-state index contributed by atoms with van der Waals surface area (Å²) >= 11 is 0. The van der Waals surface area contributed by atoms with E-state index in [-0.39, 0.29) is 24.3 Å². The monoisotopic (exact) mass is 520 g/mol. The van der Waals surface area contributed by atoms with Gasteiger partial charge in [0.05, 0.1) is 13.2 Å². The quantitative estimate of drug-likeness (QED) is 0.202. The summed E-state index contributed by atoms with van der Waals surface area (Å²) in [7, 11) is 0. The van der Waals surface area contributed by atoms with Crippen molar-refractivity contribution in [2.75, 3.05) is 65.6 Å². The molecule has 1 unspecified atom stereocenters. The lowest BCUT2D eigenvalue weighted by Crippen LogP contribution is -2.56. The molecule has 4 atom stereocenters. The Balaban J connectivity index is 1.37. The number of ether oxygens (including phenoxy) is 1. The number of piperazine rings is 2. The zero-order valence-electron chi connectivity index (χ0n) is 23.5. The fraction of sp³-hybridized carbons (Fsp3) is 0.815. The Morgan fingerprint density at radius 1 is 1.11 bits per heavy atom. The number of carbonyl (C=O) groups excluding carboxylic acids is 3. The Labute approximate surface area is 222 Å². The van der Waals surface area contributed by atoms with Gasteiger partial charge >= 0.3 is 0 Å².